The highest BCUT2D eigenvalue weighted by molar-refractivity contribution is 7.97. The molecule has 1 N–H and O–H groups in total. The zero-order chi connectivity index (χ0) is 13.2. The smallest absolute Gasteiger partial charge is 0.0344 e. The molecule has 0 saturated carbocycles. The van der Waals surface area contributed by atoms with Crippen LogP contribution in [-0.4, -0.2) is 39.8 Å². The lowest BCUT2D eigenvalue weighted by Crippen LogP contribution is -2.41. The number of rotatable bonds is 3. The number of piperidine rings is 1. The molecule has 1 aromatic rings. The van der Waals surface area contributed by atoms with E-state index in [4.69, 9.17) is 0 Å². The fourth-order valence-electron chi connectivity index (χ4n) is 2.36. The zero-order valence-corrected chi connectivity index (χ0v) is 12.0. The Bertz CT molecular complexity index is 502. The molecule has 1 unspecified atom stereocenters. The molecule has 1 atom stereocenters. The molecule has 0 radical (unpaired) electrons. The lowest BCUT2D eigenvalue weighted by molar-refractivity contribution is 0.346. The molecule has 1 fully saturated rings. The molecule has 18 heavy (non-hydrogen) atoms. The first kappa shape index (κ1) is 13.4. The molecule has 0 spiro atoms. The normalized spacial score (nSPS) is 21.4. The van der Waals surface area contributed by atoms with E-state index in [-0.39, 0.29) is 0 Å². The Morgan fingerprint density at radius 3 is 2.61 bits per heavy atom. The van der Waals surface area contributed by atoms with E-state index in [1.165, 1.54) is 11.3 Å². The molecule has 100 valence electrons. The molecule has 1 aromatic carbocycles. The Morgan fingerprint density at radius 1 is 1.39 bits per heavy atom. The van der Waals surface area contributed by atoms with E-state index in [1.54, 1.807) is 6.26 Å². The highest BCUT2D eigenvalue weighted by Crippen LogP contribution is 2.18. The van der Waals surface area contributed by atoms with Gasteiger partial charge in [-0.05, 0) is 43.3 Å². The molecule has 1 aliphatic rings. The number of nitrogens with zero attached hydrogens (tertiary/aromatic N) is 1. The fraction of sp³-hybridized carbons (Fsp3) is 0.500. The van der Waals surface area contributed by atoms with Crippen molar-refractivity contribution >= 4 is 21.3 Å². The van der Waals surface area contributed by atoms with Gasteiger partial charge in [0.15, 0.2) is 0 Å². The predicted octanol–water partition coefficient (Wildman–Crippen LogP) is 2.13. The summed E-state index contributed by atoms with van der Waals surface area (Å²) in [5.41, 5.74) is 2.45. The molecule has 0 aliphatic carbocycles. The number of anilines is 1. The highest BCUT2D eigenvalue weighted by atomic mass is 32.2. The second-order valence-electron chi connectivity index (χ2n) is 5.18. The van der Waals surface area contributed by atoms with E-state index in [0.29, 0.717) is 6.04 Å². The van der Waals surface area contributed by atoms with Crippen LogP contribution in [0.15, 0.2) is 24.3 Å². The summed E-state index contributed by atoms with van der Waals surface area (Å²) in [6.45, 7) is 3.83. The van der Waals surface area contributed by atoms with Crippen molar-refractivity contribution in [3.63, 3.8) is 0 Å². The van der Waals surface area contributed by atoms with Gasteiger partial charge in [-0.25, -0.2) is 4.31 Å². The Balaban J connectivity index is 1.91. The molecule has 2 rings (SSSR count). The van der Waals surface area contributed by atoms with E-state index >= 15 is 0 Å². The third-order valence-corrected chi connectivity index (χ3v) is 4.85. The summed E-state index contributed by atoms with van der Waals surface area (Å²) >= 11 is 0. The van der Waals surface area contributed by atoms with Crippen LogP contribution in [-0.2, 0) is 9.71 Å². The van der Waals surface area contributed by atoms with Crippen molar-refractivity contribution in [3.05, 3.63) is 29.8 Å². The zero-order valence-electron chi connectivity index (χ0n) is 11.2. The molecule has 1 heterocycles. The minimum atomic E-state index is -2.02. The predicted molar refractivity (Wildman–Crippen MR) is 80.6 cm³/mol. The van der Waals surface area contributed by atoms with E-state index in [9.17, 15) is 4.21 Å². The van der Waals surface area contributed by atoms with Crippen molar-refractivity contribution in [3.8, 4) is 0 Å². The van der Waals surface area contributed by atoms with Gasteiger partial charge in [0.25, 0.3) is 0 Å². The van der Waals surface area contributed by atoms with Crippen LogP contribution >= 0.6 is 0 Å². The molecule has 0 amide bonds. The van der Waals surface area contributed by atoms with Gasteiger partial charge < -0.3 is 5.32 Å². The van der Waals surface area contributed by atoms with Gasteiger partial charge in [0.2, 0.25) is 0 Å². The third kappa shape index (κ3) is 3.50. The lowest BCUT2D eigenvalue weighted by atomic mass is 10.1. The van der Waals surface area contributed by atoms with Crippen LogP contribution in [0.5, 0.6) is 0 Å². The SMILES string of the molecule is C=S(C)(=O)N1CCC(Nc2cccc(C)c2)CC1. The molecule has 1 aliphatic heterocycles. The molecule has 0 aromatic heterocycles. The second-order valence-corrected chi connectivity index (χ2v) is 7.61. The minimum absolute atomic E-state index is 0.477. The number of hydrogen-bond donors (Lipinski definition) is 1. The van der Waals surface area contributed by atoms with Gasteiger partial charge in [-0.2, -0.15) is 0 Å². The molecule has 4 heteroatoms. The minimum Gasteiger partial charge on any atom is -0.382 e. The maximum absolute atomic E-state index is 11.8. The molecular formula is C14H22N2OS. The Labute approximate surface area is 110 Å². The van der Waals surface area contributed by atoms with Crippen LogP contribution in [0.4, 0.5) is 5.69 Å². The summed E-state index contributed by atoms with van der Waals surface area (Å²) in [6.07, 6.45) is 3.77. The number of nitrogens with one attached hydrogen (secondary N) is 1. The van der Waals surface area contributed by atoms with Crippen molar-refractivity contribution in [2.45, 2.75) is 25.8 Å². The van der Waals surface area contributed by atoms with Gasteiger partial charge in [0.05, 0.1) is 0 Å². The van der Waals surface area contributed by atoms with Gasteiger partial charge in [-0.3, -0.25) is 4.21 Å². The monoisotopic (exact) mass is 266 g/mol. The first-order valence-electron chi connectivity index (χ1n) is 6.36. The van der Waals surface area contributed by atoms with Gasteiger partial charge in [-0.1, -0.05) is 12.1 Å². The first-order chi connectivity index (χ1) is 8.45. The van der Waals surface area contributed by atoms with E-state index in [0.717, 1.165) is 25.9 Å². The highest BCUT2D eigenvalue weighted by Gasteiger charge is 2.21. The second kappa shape index (κ2) is 5.33. The first-order valence-corrected chi connectivity index (χ1v) is 8.45. The van der Waals surface area contributed by atoms with Crippen LogP contribution in [0.1, 0.15) is 18.4 Å². The molecular weight excluding hydrogens is 244 g/mol. The quantitative estimate of drug-likeness (QED) is 0.850. The maximum atomic E-state index is 11.8. The average Bonchev–Trinajstić information content (AvgIpc) is 2.28. The fourth-order valence-corrected chi connectivity index (χ4v) is 3.34. The Morgan fingerprint density at radius 2 is 2.06 bits per heavy atom. The molecule has 1 saturated heterocycles. The summed E-state index contributed by atoms with van der Waals surface area (Å²) in [6, 6.07) is 8.91. The van der Waals surface area contributed by atoms with E-state index < -0.39 is 9.71 Å². The number of aryl methyl sites for hydroxylation is 1. The van der Waals surface area contributed by atoms with E-state index in [2.05, 4.69) is 42.4 Å². The van der Waals surface area contributed by atoms with Crippen molar-refractivity contribution in [1.82, 2.24) is 4.31 Å². The molecule has 0 bridgehead atoms. The largest absolute Gasteiger partial charge is 0.382 e. The summed E-state index contributed by atoms with van der Waals surface area (Å²) in [5.74, 6) is 3.75. The summed E-state index contributed by atoms with van der Waals surface area (Å²) in [5, 5.41) is 3.55. The van der Waals surface area contributed by atoms with Crippen molar-refractivity contribution in [2.75, 3.05) is 24.7 Å². The van der Waals surface area contributed by atoms with Crippen molar-refractivity contribution < 1.29 is 4.21 Å². The van der Waals surface area contributed by atoms with Crippen LogP contribution in [0.2, 0.25) is 0 Å². The van der Waals surface area contributed by atoms with Crippen LogP contribution in [0.25, 0.3) is 0 Å². The average molecular weight is 266 g/mol. The maximum Gasteiger partial charge on any atom is 0.0344 e. The standard InChI is InChI=1S/C14H22N2OS/c1-12-5-4-6-14(11-12)15-13-7-9-16(10-8-13)18(2,3)17/h4-6,11,13,15H,2,7-10H2,1,3H3. The van der Waals surface area contributed by atoms with Gasteiger partial charge in [0.1, 0.15) is 0 Å². The summed E-state index contributed by atoms with van der Waals surface area (Å²) < 4.78 is 13.8. The van der Waals surface area contributed by atoms with Crippen molar-refractivity contribution in [2.24, 2.45) is 0 Å². The third-order valence-electron chi connectivity index (χ3n) is 3.39. The van der Waals surface area contributed by atoms with Gasteiger partial charge in [0, 0.05) is 40.8 Å². The number of hydrogen-bond acceptors (Lipinski definition) is 2. The Kier molecular flexibility index (Phi) is 3.97. The topological polar surface area (TPSA) is 32.3 Å². The molecule has 3 nitrogen and oxygen atoms in total. The summed E-state index contributed by atoms with van der Waals surface area (Å²) in [7, 11) is -2.02. The van der Waals surface area contributed by atoms with E-state index in [1.807, 2.05) is 4.31 Å². The van der Waals surface area contributed by atoms with Crippen LogP contribution in [0, 0.1) is 6.92 Å². The van der Waals surface area contributed by atoms with Crippen LogP contribution < -0.4 is 5.32 Å². The lowest BCUT2D eigenvalue weighted by Gasteiger charge is -2.33. The van der Waals surface area contributed by atoms with Gasteiger partial charge >= 0.3 is 0 Å². The number of benzene rings is 1. The van der Waals surface area contributed by atoms with Crippen molar-refractivity contribution in [1.29, 1.82) is 0 Å². The van der Waals surface area contributed by atoms with Crippen LogP contribution in [0.3, 0.4) is 0 Å². The Hall–Kier alpha value is -1.00. The summed E-state index contributed by atoms with van der Waals surface area (Å²) in [4.78, 5) is 0. The van der Waals surface area contributed by atoms with Gasteiger partial charge in [-0.15, -0.1) is 0 Å².